The number of halogens is 1. The van der Waals surface area contributed by atoms with E-state index in [1.54, 1.807) is 12.2 Å². The van der Waals surface area contributed by atoms with Crippen molar-refractivity contribution in [1.82, 2.24) is 9.97 Å². The van der Waals surface area contributed by atoms with Crippen LogP contribution in [0.1, 0.15) is 10.4 Å². The second-order valence-electron chi connectivity index (χ2n) is 3.00. The van der Waals surface area contributed by atoms with Crippen molar-refractivity contribution in [2.45, 2.75) is 0 Å². The van der Waals surface area contributed by atoms with Gasteiger partial charge in [-0.15, -0.1) is 13.2 Å². The number of hydrogen-bond donors (Lipinski definition) is 0. The SMILES string of the molecule is C=CCN(CC=C)c1ncnc(Cl)c1C=O. The van der Waals surface area contributed by atoms with Gasteiger partial charge in [-0.1, -0.05) is 23.8 Å². The van der Waals surface area contributed by atoms with Gasteiger partial charge in [-0.3, -0.25) is 4.79 Å². The molecule has 0 atom stereocenters. The summed E-state index contributed by atoms with van der Waals surface area (Å²) in [5, 5.41) is 0.151. The first-order chi connectivity index (χ1) is 7.74. The van der Waals surface area contributed by atoms with Crippen LogP contribution >= 0.6 is 11.6 Å². The summed E-state index contributed by atoms with van der Waals surface area (Å²) in [6.45, 7) is 8.40. The van der Waals surface area contributed by atoms with E-state index in [-0.39, 0.29) is 10.7 Å². The van der Waals surface area contributed by atoms with Gasteiger partial charge in [0.05, 0.1) is 5.56 Å². The van der Waals surface area contributed by atoms with Crippen LogP contribution in [0.2, 0.25) is 5.15 Å². The number of aldehydes is 1. The summed E-state index contributed by atoms with van der Waals surface area (Å²) < 4.78 is 0. The van der Waals surface area contributed by atoms with Crippen molar-refractivity contribution in [2.24, 2.45) is 0 Å². The van der Waals surface area contributed by atoms with Gasteiger partial charge in [-0.25, -0.2) is 9.97 Å². The number of nitrogens with zero attached hydrogens (tertiary/aromatic N) is 3. The molecule has 0 aliphatic rings. The van der Waals surface area contributed by atoms with E-state index >= 15 is 0 Å². The molecule has 0 N–H and O–H groups in total. The van der Waals surface area contributed by atoms with Crippen molar-refractivity contribution in [2.75, 3.05) is 18.0 Å². The fraction of sp³-hybridized carbons (Fsp3) is 0.182. The Hall–Kier alpha value is -1.68. The lowest BCUT2D eigenvalue weighted by Crippen LogP contribution is -2.25. The minimum absolute atomic E-state index is 0.151. The number of rotatable bonds is 6. The minimum atomic E-state index is 0.151. The van der Waals surface area contributed by atoms with E-state index in [0.717, 1.165) is 0 Å². The summed E-state index contributed by atoms with van der Waals surface area (Å²) in [5.41, 5.74) is 0.285. The Kier molecular flexibility index (Phi) is 4.66. The molecule has 0 radical (unpaired) electrons. The van der Waals surface area contributed by atoms with Crippen molar-refractivity contribution in [1.29, 1.82) is 0 Å². The third-order valence-electron chi connectivity index (χ3n) is 1.93. The van der Waals surface area contributed by atoms with Crippen LogP contribution in [0.5, 0.6) is 0 Å². The van der Waals surface area contributed by atoms with E-state index in [0.29, 0.717) is 25.2 Å². The summed E-state index contributed by atoms with van der Waals surface area (Å²) in [7, 11) is 0. The van der Waals surface area contributed by atoms with Crippen LogP contribution in [-0.2, 0) is 0 Å². The summed E-state index contributed by atoms with van der Waals surface area (Å²) in [5.74, 6) is 0.495. The predicted octanol–water partition coefficient (Wildman–Crippen LogP) is 2.12. The summed E-state index contributed by atoms with van der Waals surface area (Å²) in [6.07, 6.45) is 5.41. The van der Waals surface area contributed by atoms with Gasteiger partial charge in [0.25, 0.3) is 0 Å². The number of carbonyl (C=O) groups is 1. The summed E-state index contributed by atoms with van der Waals surface area (Å²) in [4.78, 5) is 20.6. The van der Waals surface area contributed by atoms with Gasteiger partial charge < -0.3 is 4.90 Å². The normalized spacial score (nSPS) is 9.56. The Balaban J connectivity index is 3.16. The smallest absolute Gasteiger partial charge is 0.156 e. The maximum Gasteiger partial charge on any atom is 0.156 e. The van der Waals surface area contributed by atoms with Gasteiger partial charge in [0.1, 0.15) is 17.3 Å². The highest BCUT2D eigenvalue weighted by molar-refractivity contribution is 6.32. The molecule has 84 valence electrons. The fourth-order valence-corrected chi connectivity index (χ4v) is 1.45. The molecule has 1 aromatic rings. The lowest BCUT2D eigenvalue weighted by Gasteiger charge is -2.21. The average molecular weight is 238 g/mol. The first-order valence-electron chi connectivity index (χ1n) is 4.67. The molecule has 0 amide bonds. The molecule has 0 unspecified atom stereocenters. The zero-order chi connectivity index (χ0) is 12.0. The van der Waals surface area contributed by atoms with E-state index in [4.69, 9.17) is 11.6 Å². The van der Waals surface area contributed by atoms with Crippen molar-refractivity contribution >= 4 is 23.7 Å². The molecule has 0 aromatic carbocycles. The van der Waals surface area contributed by atoms with Crippen LogP contribution in [0.4, 0.5) is 5.82 Å². The van der Waals surface area contributed by atoms with Gasteiger partial charge in [-0.05, 0) is 0 Å². The number of hydrogen-bond acceptors (Lipinski definition) is 4. The Morgan fingerprint density at radius 2 is 1.94 bits per heavy atom. The Morgan fingerprint density at radius 1 is 1.31 bits per heavy atom. The van der Waals surface area contributed by atoms with Gasteiger partial charge in [0.2, 0.25) is 0 Å². The Morgan fingerprint density at radius 3 is 2.44 bits per heavy atom. The highest BCUT2D eigenvalue weighted by atomic mass is 35.5. The maximum atomic E-state index is 10.9. The average Bonchev–Trinajstić information content (AvgIpc) is 2.28. The number of carbonyl (C=O) groups excluding carboxylic acids is 1. The molecule has 0 saturated carbocycles. The van der Waals surface area contributed by atoms with Crippen molar-refractivity contribution in [3.05, 3.63) is 42.4 Å². The van der Waals surface area contributed by atoms with Gasteiger partial charge in [-0.2, -0.15) is 0 Å². The molecule has 1 aromatic heterocycles. The van der Waals surface area contributed by atoms with Crippen LogP contribution in [0.3, 0.4) is 0 Å². The molecule has 4 nitrogen and oxygen atoms in total. The van der Waals surface area contributed by atoms with Crippen LogP contribution in [0.15, 0.2) is 31.6 Å². The quantitative estimate of drug-likeness (QED) is 0.432. The second kappa shape index (κ2) is 6.02. The molecule has 0 fully saturated rings. The molecule has 0 aliphatic heterocycles. The summed E-state index contributed by atoms with van der Waals surface area (Å²) >= 11 is 5.81. The van der Waals surface area contributed by atoms with Crippen LogP contribution in [-0.4, -0.2) is 29.3 Å². The van der Waals surface area contributed by atoms with E-state index in [9.17, 15) is 4.79 Å². The molecule has 16 heavy (non-hydrogen) atoms. The molecule has 1 rings (SSSR count). The molecule has 5 heteroatoms. The standard InChI is InChI=1S/C11H12ClN3O/c1-3-5-15(6-4-2)11-9(7-16)10(12)13-8-14-11/h3-4,7-8H,1-2,5-6H2. The monoisotopic (exact) mass is 237 g/mol. The molecular weight excluding hydrogens is 226 g/mol. The topological polar surface area (TPSA) is 46.1 Å². The van der Waals surface area contributed by atoms with E-state index in [2.05, 4.69) is 23.1 Å². The highest BCUT2D eigenvalue weighted by Crippen LogP contribution is 2.21. The van der Waals surface area contributed by atoms with E-state index < -0.39 is 0 Å². The predicted molar refractivity (Wildman–Crippen MR) is 65.0 cm³/mol. The molecule has 0 bridgehead atoms. The fourth-order valence-electron chi connectivity index (χ4n) is 1.28. The Labute approximate surface area is 99.3 Å². The zero-order valence-electron chi connectivity index (χ0n) is 8.77. The first-order valence-corrected chi connectivity index (χ1v) is 5.04. The van der Waals surface area contributed by atoms with Crippen LogP contribution in [0.25, 0.3) is 0 Å². The lowest BCUT2D eigenvalue weighted by molar-refractivity contribution is 0.112. The largest absolute Gasteiger partial charge is 0.348 e. The van der Waals surface area contributed by atoms with Crippen molar-refractivity contribution in [3.8, 4) is 0 Å². The molecule has 0 saturated heterocycles. The molecule has 0 spiro atoms. The van der Waals surface area contributed by atoms with Crippen molar-refractivity contribution in [3.63, 3.8) is 0 Å². The highest BCUT2D eigenvalue weighted by Gasteiger charge is 2.13. The van der Waals surface area contributed by atoms with Gasteiger partial charge >= 0.3 is 0 Å². The van der Waals surface area contributed by atoms with Crippen LogP contribution in [0, 0.1) is 0 Å². The van der Waals surface area contributed by atoms with Gasteiger partial charge in [0, 0.05) is 13.1 Å². The lowest BCUT2D eigenvalue weighted by atomic mass is 10.3. The molecular formula is C11H12ClN3O. The third kappa shape index (κ3) is 2.67. The Bertz CT molecular complexity index is 396. The van der Waals surface area contributed by atoms with Crippen molar-refractivity contribution < 1.29 is 4.79 Å². The number of anilines is 1. The minimum Gasteiger partial charge on any atom is -0.348 e. The number of aromatic nitrogens is 2. The maximum absolute atomic E-state index is 10.9. The molecule has 0 aliphatic carbocycles. The summed E-state index contributed by atoms with van der Waals surface area (Å²) in [6, 6.07) is 0. The van der Waals surface area contributed by atoms with Gasteiger partial charge in [0.15, 0.2) is 6.29 Å². The molecule has 1 heterocycles. The van der Waals surface area contributed by atoms with E-state index in [1.165, 1.54) is 6.33 Å². The second-order valence-corrected chi connectivity index (χ2v) is 3.36. The zero-order valence-corrected chi connectivity index (χ0v) is 9.52. The third-order valence-corrected chi connectivity index (χ3v) is 2.23. The van der Waals surface area contributed by atoms with E-state index in [1.807, 2.05) is 4.90 Å². The first kappa shape index (κ1) is 12.4. The van der Waals surface area contributed by atoms with Crippen LogP contribution < -0.4 is 4.90 Å².